The molecule has 0 spiro atoms. The summed E-state index contributed by atoms with van der Waals surface area (Å²) in [5.74, 6) is 2.24. The van der Waals surface area contributed by atoms with Gasteiger partial charge in [0.2, 0.25) is 0 Å². The summed E-state index contributed by atoms with van der Waals surface area (Å²) in [7, 11) is 0. The normalized spacial score (nSPS) is 29.3. The monoisotopic (exact) mass is 450 g/mol. The molecule has 4 aliphatic carbocycles. The predicted octanol–water partition coefficient (Wildman–Crippen LogP) is 5.94. The minimum Gasteiger partial charge on any atom is -0.367 e. The van der Waals surface area contributed by atoms with Gasteiger partial charge in [0.05, 0.1) is 12.3 Å². The maximum atomic E-state index is 12.6. The molecule has 2 aromatic rings. The van der Waals surface area contributed by atoms with Crippen molar-refractivity contribution in [2.24, 2.45) is 17.8 Å². The lowest BCUT2D eigenvalue weighted by Gasteiger charge is -2.56. The summed E-state index contributed by atoms with van der Waals surface area (Å²) in [6.45, 7) is -1.44. The van der Waals surface area contributed by atoms with Gasteiger partial charge in [0, 0.05) is 16.4 Å². The summed E-state index contributed by atoms with van der Waals surface area (Å²) in [4.78, 5) is 17.4. The van der Waals surface area contributed by atoms with E-state index in [1.807, 2.05) is 0 Å². The van der Waals surface area contributed by atoms with E-state index >= 15 is 0 Å². The van der Waals surface area contributed by atoms with Crippen LogP contribution in [0.25, 0.3) is 0 Å². The van der Waals surface area contributed by atoms with Crippen LogP contribution in [0.3, 0.4) is 0 Å². The molecule has 4 nitrogen and oxygen atoms in total. The van der Waals surface area contributed by atoms with Crippen molar-refractivity contribution >= 4 is 22.4 Å². The van der Waals surface area contributed by atoms with E-state index in [4.69, 9.17) is 4.98 Å². The summed E-state index contributed by atoms with van der Waals surface area (Å²) in [6, 6.07) is 6.40. The molecule has 4 bridgehead atoms. The molecule has 6 rings (SSSR count). The molecule has 0 saturated heterocycles. The van der Waals surface area contributed by atoms with E-state index in [1.54, 1.807) is 24.3 Å². The maximum Gasteiger partial charge on any atom is 0.411 e. The van der Waals surface area contributed by atoms with Gasteiger partial charge in [-0.25, -0.2) is 4.98 Å². The molecule has 1 heterocycles. The number of hydrogen-bond donors (Lipinski definition) is 1. The van der Waals surface area contributed by atoms with Gasteiger partial charge in [0.15, 0.2) is 5.13 Å². The Labute approximate surface area is 183 Å². The molecule has 0 radical (unpaired) electrons. The molecule has 4 saturated carbocycles. The SMILES string of the molecule is O=C(Nc1nc(C23CC4CC(CC(C4)C2)C3)cs1)c1ccc(COCC(F)(F)F)cc1. The van der Waals surface area contributed by atoms with E-state index < -0.39 is 12.8 Å². The molecule has 8 heteroatoms. The number of hydrogen-bond acceptors (Lipinski definition) is 4. The number of nitrogens with zero attached hydrogens (tertiary/aromatic N) is 1. The minimum absolute atomic E-state index is 0.150. The first-order valence-corrected chi connectivity index (χ1v) is 11.7. The van der Waals surface area contributed by atoms with Crippen molar-refractivity contribution in [1.29, 1.82) is 0 Å². The Morgan fingerprint density at radius 2 is 1.71 bits per heavy atom. The van der Waals surface area contributed by atoms with Gasteiger partial charge in [-0.05, 0) is 74.0 Å². The summed E-state index contributed by atoms with van der Waals surface area (Å²) in [5, 5.41) is 5.60. The van der Waals surface area contributed by atoms with Crippen LogP contribution in [0, 0.1) is 17.8 Å². The molecular formula is C23H25F3N2O2S. The van der Waals surface area contributed by atoms with Crippen LogP contribution in [-0.2, 0) is 16.8 Å². The van der Waals surface area contributed by atoms with E-state index in [9.17, 15) is 18.0 Å². The largest absolute Gasteiger partial charge is 0.411 e. The summed E-state index contributed by atoms with van der Waals surface area (Å²) in [6.07, 6.45) is 3.48. The number of amides is 1. The highest BCUT2D eigenvalue weighted by Gasteiger charge is 2.52. The van der Waals surface area contributed by atoms with Crippen molar-refractivity contribution < 1.29 is 22.7 Å². The van der Waals surface area contributed by atoms with E-state index in [0.29, 0.717) is 16.3 Å². The number of ether oxygens (including phenoxy) is 1. The molecule has 1 aromatic carbocycles. The molecule has 4 aliphatic rings. The quantitative estimate of drug-likeness (QED) is 0.592. The van der Waals surface area contributed by atoms with Crippen LogP contribution >= 0.6 is 11.3 Å². The van der Waals surface area contributed by atoms with Gasteiger partial charge in [-0.1, -0.05) is 12.1 Å². The van der Waals surface area contributed by atoms with Crippen LogP contribution in [0.5, 0.6) is 0 Å². The van der Waals surface area contributed by atoms with Crippen LogP contribution in [0.4, 0.5) is 18.3 Å². The van der Waals surface area contributed by atoms with Gasteiger partial charge in [-0.15, -0.1) is 11.3 Å². The van der Waals surface area contributed by atoms with Crippen LogP contribution in [0.2, 0.25) is 0 Å². The molecular weight excluding hydrogens is 425 g/mol. The number of thiazole rings is 1. The van der Waals surface area contributed by atoms with Crippen molar-refractivity contribution in [3.63, 3.8) is 0 Å². The lowest BCUT2D eigenvalue weighted by molar-refractivity contribution is -0.176. The highest BCUT2D eigenvalue weighted by Crippen LogP contribution is 2.60. The summed E-state index contributed by atoms with van der Waals surface area (Å²) >= 11 is 1.47. The predicted molar refractivity (Wildman–Crippen MR) is 112 cm³/mol. The van der Waals surface area contributed by atoms with Gasteiger partial charge in [-0.3, -0.25) is 10.1 Å². The zero-order valence-corrected chi connectivity index (χ0v) is 17.9. The van der Waals surface area contributed by atoms with Crippen molar-refractivity contribution in [1.82, 2.24) is 4.98 Å². The number of anilines is 1. The second kappa shape index (κ2) is 7.89. The minimum atomic E-state index is -4.34. The Morgan fingerprint density at radius 3 is 2.29 bits per heavy atom. The van der Waals surface area contributed by atoms with Gasteiger partial charge in [0.25, 0.3) is 5.91 Å². The number of carbonyl (C=O) groups is 1. The number of nitrogens with one attached hydrogen (secondary N) is 1. The maximum absolute atomic E-state index is 12.6. The fraction of sp³-hybridized carbons (Fsp3) is 0.565. The summed E-state index contributed by atoms with van der Waals surface area (Å²) < 4.78 is 41.1. The molecule has 0 atom stereocenters. The topological polar surface area (TPSA) is 51.2 Å². The summed E-state index contributed by atoms with van der Waals surface area (Å²) in [5.41, 5.74) is 2.36. The Bertz CT molecular complexity index is 919. The molecule has 1 amide bonds. The lowest BCUT2D eigenvalue weighted by Crippen LogP contribution is -2.48. The first-order chi connectivity index (χ1) is 14.8. The highest BCUT2D eigenvalue weighted by molar-refractivity contribution is 7.14. The van der Waals surface area contributed by atoms with Crippen LogP contribution in [-0.4, -0.2) is 23.7 Å². The smallest absolute Gasteiger partial charge is 0.367 e. The number of rotatable bonds is 6. The number of aromatic nitrogens is 1. The van der Waals surface area contributed by atoms with Crippen molar-refractivity contribution in [3.8, 4) is 0 Å². The number of alkyl halides is 3. The fourth-order valence-corrected chi connectivity index (χ4v) is 7.03. The zero-order chi connectivity index (χ0) is 21.6. The zero-order valence-electron chi connectivity index (χ0n) is 17.1. The van der Waals surface area contributed by atoms with E-state index in [-0.39, 0.29) is 17.9 Å². The average Bonchev–Trinajstić information content (AvgIpc) is 3.16. The van der Waals surface area contributed by atoms with E-state index in [0.717, 1.165) is 23.4 Å². The average molecular weight is 451 g/mol. The number of carbonyl (C=O) groups excluding carboxylic acids is 1. The third-order valence-electron chi connectivity index (χ3n) is 7.06. The molecule has 0 aliphatic heterocycles. The number of benzene rings is 1. The third kappa shape index (κ3) is 4.51. The molecule has 1 aromatic heterocycles. The number of halogens is 3. The van der Waals surface area contributed by atoms with Crippen molar-refractivity contribution in [2.45, 2.75) is 56.7 Å². The molecule has 4 fully saturated rings. The van der Waals surface area contributed by atoms with Gasteiger partial charge < -0.3 is 4.74 Å². The standard InChI is InChI=1S/C23H25F3N2O2S/c24-23(25,26)13-30-11-14-1-3-18(4-2-14)20(29)28-21-27-19(12-31-21)22-8-15-5-16(9-22)7-17(6-15)10-22/h1-4,12,15-17H,5-11,13H2,(H,27,28,29). The van der Waals surface area contributed by atoms with Gasteiger partial charge in [0.1, 0.15) is 6.61 Å². The van der Waals surface area contributed by atoms with E-state index in [2.05, 4.69) is 15.4 Å². The van der Waals surface area contributed by atoms with Crippen LogP contribution in [0.15, 0.2) is 29.6 Å². The van der Waals surface area contributed by atoms with Crippen LogP contribution in [0.1, 0.15) is 60.1 Å². The first kappa shape index (κ1) is 20.9. The molecule has 1 N–H and O–H groups in total. The highest BCUT2D eigenvalue weighted by atomic mass is 32.1. The Hall–Kier alpha value is -1.93. The van der Waals surface area contributed by atoms with Crippen LogP contribution < -0.4 is 5.32 Å². The Morgan fingerprint density at radius 1 is 1.10 bits per heavy atom. The van der Waals surface area contributed by atoms with Crippen molar-refractivity contribution in [3.05, 3.63) is 46.5 Å². The van der Waals surface area contributed by atoms with Gasteiger partial charge in [-0.2, -0.15) is 13.2 Å². The second-order valence-electron chi connectivity index (χ2n) is 9.49. The molecule has 31 heavy (non-hydrogen) atoms. The molecule has 0 unspecified atom stereocenters. The first-order valence-electron chi connectivity index (χ1n) is 10.8. The van der Waals surface area contributed by atoms with Crippen molar-refractivity contribution in [2.75, 3.05) is 11.9 Å². The fourth-order valence-electron chi connectivity index (χ4n) is 6.21. The molecule has 166 valence electrons. The van der Waals surface area contributed by atoms with Gasteiger partial charge >= 0.3 is 6.18 Å². The Balaban J connectivity index is 1.20. The Kier molecular flexibility index (Phi) is 5.33. The second-order valence-corrected chi connectivity index (χ2v) is 10.4. The van der Waals surface area contributed by atoms with E-state index in [1.165, 1.54) is 49.9 Å². The lowest BCUT2D eigenvalue weighted by atomic mass is 9.49. The third-order valence-corrected chi connectivity index (χ3v) is 7.81.